The maximum absolute atomic E-state index is 11.8. The second-order valence-corrected chi connectivity index (χ2v) is 5.14. The Hall–Kier alpha value is -2.42. The zero-order chi connectivity index (χ0) is 14.7. The van der Waals surface area contributed by atoms with Crippen LogP contribution < -0.4 is 0 Å². The molecule has 0 aliphatic heterocycles. The average molecular weight is 279 g/mol. The van der Waals surface area contributed by atoms with Crippen molar-refractivity contribution in [2.45, 2.75) is 19.8 Å². The van der Waals surface area contributed by atoms with Crippen LogP contribution in [0.5, 0.6) is 0 Å². The molecule has 0 bridgehead atoms. The molecular formula is C18H17NO2. The summed E-state index contributed by atoms with van der Waals surface area (Å²) in [6.45, 7) is 2.24. The predicted molar refractivity (Wildman–Crippen MR) is 81.8 cm³/mol. The number of carbonyl (C=O) groups is 1. The maximum Gasteiger partial charge on any atom is 0.334 e. The summed E-state index contributed by atoms with van der Waals surface area (Å²) in [4.78, 5) is 15.9. The standard InChI is InChI=1S/C18H17NO2/c1-2-21-18(20)17-10-15-6-5-13(9-16(15)11-17)8-14-4-3-7-19-12-14/h3-7,9,11-12H,2,8,10H2,1H3. The van der Waals surface area contributed by atoms with E-state index >= 15 is 0 Å². The fourth-order valence-electron chi connectivity index (χ4n) is 2.59. The van der Waals surface area contributed by atoms with E-state index in [4.69, 9.17) is 4.74 Å². The fraction of sp³-hybridized carbons (Fsp3) is 0.222. The van der Waals surface area contributed by atoms with Gasteiger partial charge in [-0.05, 0) is 47.7 Å². The van der Waals surface area contributed by atoms with Gasteiger partial charge in [0.25, 0.3) is 0 Å². The molecule has 0 atom stereocenters. The van der Waals surface area contributed by atoms with Crippen molar-refractivity contribution in [3.63, 3.8) is 0 Å². The molecule has 0 fully saturated rings. The molecule has 3 nitrogen and oxygen atoms in total. The SMILES string of the molecule is CCOC(=O)C1=Cc2cc(Cc3cccnc3)ccc2C1. The Morgan fingerprint density at radius 3 is 2.95 bits per heavy atom. The second kappa shape index (κ2) is 5.92. The van der Waals surface area contributed by atoms with Crippen molar-refractivity contribution >= 4 is 12.0 Å². The summed E-state index contributed by atoms with van der Waals surface area (Å²) >= 11 is 0. The molecule has 0 saturated heterocycles. The number of nitrogens with zero attached hydrogens (tertiary/aromatic N) is 1. The number of carbonyl (C=O) groups excluding carboxylic acids is 1. The summed E-state index contributed by atoms with van der Waals surface area (Å²) in [5, 5.41) is 0. The zero-order valence-electron chi connectivity index (χ0n) is 12.0. The molecule has 106 valence electrons. The van der Waals surface area contributed by atoms with Gasteiger partial charge in [-0.25, -0.2) is 4.79 Å². The number of fused-ring (bicyclic) bond motifs is 1. The number of rotatable bonds is 4. The number of hydrogen-bond donors (Lipinski definition) is 0. The van der Waals surface area contributed by atoms with Crippen molar-refractivity contribution in [1.29, 1.82) is 0 Å². The molecule has 1 aromatic carbocycles. The van der Waals surface area contributed by atoms with E-state index in [0.29, 0.717) is 13.0 Å². The summed E-state index contributed by atoms with van der Waals surface area (Å²) in [5.41, 5.74) is 5.46. The number of pyridine rings is 1. The van der Waals surface area contributed by atoms with Crippen LogP contribution in [0.4, 0.5) is 0 Å². The van der Waals surface area contributed by atoms with Gasteiger partial charge in [0.1, 0.15) is 0 Å². The van der Waals surface area contributed by atoms with Crippen molar-refractivity contribution in [2.24, 2.45) is 0 Å². The van der Waals surface area contributed by atoms with Crippen LogP contribution in [0.25, 0.3) is 6.08 Å². The second-order valence-electron chi connectivity index (χ2n) is 5.14. The first-order valence-electron chi connectivity index (χ1n) is 7.14. The van der Waals surface area contributed by atoms with Crippen molar-refractivity contribution in [3.05, 3.63) is 70.6 Å². The van der Waals surface area contributed by atoms with Gasteiger partial charge in [0.15, 0.2) is 0 Å². The Labute approximate surface area is 124 Å². The minimum atomic E-state index is -0.206. The third kappa shape index (κ3) is 3.02. The molecule has 2 aromatic rings. The fourth-order valence-corrected chi connectivity index (χ4v) is 2.59. The van der Waals surface area contributed by atoms with E-state index in [2.05, 4.69) is 29.2 Å². The van der Waals surface area contributed by atoms with Gasteiger partial charge < -0.3 is 4.74 Å². The quantitative estimate of drug-likeness (QED) is 0.807. The number of ether oxygens (including phenoxy) is 1. The van der Waals surface area contributed by atoms with Crippen LogP contribution in [0.2, 0.25) is 0 Å². The van der Waals surface area contributed by atoms with Crippen molar-refractivity contribution in [3.8, 4) is 0 Å². The third-order valence-electron chi connectivity index (χ3n) is 3.59. The van der Waals surface area contributed by atoms with Gasteiger partial charge in [0.2, 0.25) is 0 Å². The first-order valence-corrected chi connectivity index (χ1v) is 7.14. The molecule has 1 aliphatic rings. The van der Waals surface area contributed by atoms with Gasteiger partial charge in [0, 0.05) is 24.4 Å². The van der Waals surface area contributed by atoms with E-state index in [1.807, 2.05) is 25.3 Å². The van der Waals surface area contributed by atoms with Crippen LogP contribution in [0.3, 0.4) is 0 Å². The largest absolute Gasteiger partial charge is 0.463 e. The summed E-state index contributed by atoms with van der Waals surface area (Å²) < 4.78 is 5.07. The van der Waals surface area contributed by atoms with Crippen LogP contribution in [-0.2, 0) is 22.4 Å². The smallest absolute Gasteiger partial charge is 0.334 e. The molecule has 0 saturated carbocycles. The molecule has 1 aliphatic carbocycles. The van der Waals surface area contributed by atoms with Gasteiger partial charge in [-0.1, -0.05) is 24.3 Å². The molecule has 3 heteroatoms. The van der Waals surface area contributed by atoms with Gasteiger partial charge in [0.05, 0.1) is 6.61 Å². The number of hydrogen-bond acceptors (Lipinski definition) is 3. The molecule has 0 N–H and O–H groups in total. The van der Waals surface area contributed by atoms with E-state index in [-0.39, 0.29) is 5.97 Å². The summed E-state index contributed by atoms with van der Waals surface area (Å²) in [6, 6.07) is 10.4. The lowest BCUT2D eigenvalue weighted by Crippen LogP contribution is -2.07. The van der Waals surface area contributed by atoms with Crippen LogP contribution in [0, 0.1) is 0 Å². The van der Waals surface area contributed by atoms with E-state index in [0.717, 1.165) is 17.6 Å². The van der Waals surface area contributed by atoms with Crippen LogP contribution in [0.15, 0.2) is 48.3 Å². The Morgan fingerprint density at radius 1 is 1.29 bits per heavy atom. The summed E-state index contributed by atoms with van der Waals surface area (Å²) in [5.74, 6) is -0.206. The van der Waals surface area contributed by atoms with Crippen molar-refractivity contribution in [1.82, 2.24) is 4.98 Å². The minimum absolute atomic E-state index is 0.206. The van der Waals surface area contributed by atoms with Crippen LogP contribution >= 0.6 is 0 Å². The molecule has 0 amide bonds. The molecular weight excluding hydrogens is 262 g/mol. The van der Waals surface area contributed by atoms with Gasteiger partial charge in [-0.3, -0.25) is 4.98 Å². The lowest BCUT2D eigenvalue weighted by molar-refractivity contribution is -0.138. The van der Waals surface area contributed by atoms with Crippen LogP contribution in [-0.4, -0.2) is 17.6 Å². The highest BCUT2D eigenvalue weighted by Gasteiger charge is 2.19. The zero-order valence-corrected chi connectivity index (χ0v) is 12.0. The van der Waals surface area contributed by atoms with Gasteiger partial charge >= 0.3 is 5.97 Å². The van der Waals surface area contributed by atoms with Crippen LogP contribution in [0.1, 0.15) is 29.2 Å². The van der Waals surface area contributed by atoms with Gasteiger partial charge in [-0.2, -0.15) is 0 Å². The van der Waals surface area contributed by atoms with Gasteiger partial charge in [-0.15, -0.1) is 0 Å². The molecule has 0 unspecified atom stereocenters. The first-order chi connectivity index (χ1) is 10.3. The average Bonchev–Trinajstić information content (AvgIpc) is 2.92. The molecule has 3 rings (SSSR count). The van der Waals surface area contributed by atoms with E-state index in [1.165, 1.54) is 16.7 Å². The Balaban J connectivity index is 1.80. The predicted octanol–water partition coefficient (Wildman–Crippen LogP) is 3.18. The summed E-state index contributed by atoms with van der Waals surface area (Å²) in [6.07, 6.45) is 7.12. The Kier molecular flexibility index (Phi) is 3.82. The lowest BCUT2D eigenvalue weighted by Gasteiger charge is -2.04. The first kappa shape index (κ1) is 13.6. The maximum atomic E-state index is 11.8. The topological polar surface area (TPSA) is 39.2 Å². The third-order valence-corrected chi connectivity index (χ3v) is 3.59. The van der Waals surface area contributed by atoms with Crippen molar-refractivity contribution < 1.29 is 9.53 Å². The minimum Gasteiger partial charge on any atom is -0.463 e. The number of benzene rings is 1. The van der Waals surface area contributed by atoms with Crippen molar-refractivity contribution in [2.75, 3.05) is 6.61 Å². The van der Waals surface area contributed by atoms with E-state index in [9.17, 15) is 4.79 Å². The Morgan fingerprint density at radius 2 is 2.19 bits per heavy atom. The number of esters is 1. The van der Waals surface area contributed by atoms with E-state index in [1.54, 1.807) is 6.20 Å². The molecule has 1 heterocycles. The van der Waals surface area contributed by atoms with E-state index < -0.39 is 0 Å². The highest BCUT2D eigenvalue weighted by molar-refractivity contribution is 5.96. The lowest BCUT2D eigenvalue weighted by atomic mass is 10.0. The highest BCUT2D eigenvalue weighted by Crippen LogP contribution is 2.27. The monoisotopic (exact) mass is 279 g/mol. The molecule has 1 aromatic heterocycles. The number of aromatic nitrogens is 1. The molecule has 0 spiro atoms. The normalized spacial score (nSPS) is 12.7. The molecule has 21 heavy (non-hydrogen) atoms. The summed E-state index contributed by atoms with van der Waals surface area (Å²) in [7, 11) is 0. The molecule has 0 radical (unpaired) electrons. The highest BCUT2D eigenvalue weighted by atomic mass is 16.5. The Bertz CT molecular complexity index is 690.